The van der Waals surface area contributed by atoms with Crippen molar-refractivity contribution in [2.45, 2.75) is 6.42 Å². The van der Waals surface area contributed by atoms with Crippen LogP contribution in [0.5, 0.6) is 0 Å². The molecule has 0 atom stereocenters. The summed E-state index contributed by atoms with van der Waals surface area (Å²) in [6.45, 7) is 0.0807. The minimum absolute atomic E-state index is 0.0807. The summed E-state index contributed by atoms with van der Waals surface area (Å²) in [5, 5.41) is 2.84. The number of fused-ring (bicyclic) bond motifs is 3. The molecule has 2 aromatic carbocycles. The lowest BCUT2D eigenvalue weighted by Gasteiger charge is -2.07. The Kier molecular flexibility index (Phi) is 3.05. The van der Waals surface area contributed by atoms with Crippen LogP contribution in [0.15, 0.2) is 42.5 Å². The lowest BCUT2D eigenvalue weighted by Crippen LogP contribution is -2.17. The SMILES string of the molecule is COCC(=O)Nc1ccc2c(c1)Cc1ccccc1-2. The Morgan fingerprint density at radius 3 is 2.79 bits per heavy atom. The molecule has 3 rings (SSSR count). The molecule has 0 unspecified atom stereocenters. The van der Waals surface area contributed by atoms with Crippen molar-refractivity contribution in [1.29, 1.82) is 0 Å². The molecule has 19 heavy (non-hydrogen) atoms. The Labute approximate surface area is 112 Å². The number of anilines is 1. The molecule has 0 saturated heterocycles. The minimum Gasteiger partial charge on any atom is -0.375 e. The Bertz CT molecular complexity index is 634. The van der Waals surface area contributed by atoms with E-state index >= 15 is 0 Å². The van der Waals surface area contributed by atoms with E-state index in [-0.39, 0.29) is 12.5 Å². The lowest BCUT2D eigenvalue weighted by molar-refractivity contribution is -0.119. The number of methoxy groups -OCH3 is 1. The van der Waals surface area contributed by atoms with Gasteiger partial charge in [0, 0.05) is 12.8 Å². The summed E-state index contributed by atoms with van der Waals surface area (Å²) >= 11 is 0. The average molecular weight is 253 g/mol. The molecule has 0 fully saturated rings. The summed E-state index contributed by atoms with van der Waals surface area (Å²) in [6.07, 6.45) is 0.930. The van der Waals surface area contributed by atoms with Gasteiger partial charge in [-0.05, 0) is 40.8 Å². The van der Waals surface area contributed by atoms with Crippen molar-refractivity contribution in [3.05, 3.63) is 53.6 Å². The third-order valence-electron chi connectivity index (χ3n) is 3.35. The Hall–Kier alpha value is -2.13. The largest absolute Gasteiger partial charge is 0.375 e. The monoisotopic (exact) mass is 253 g/mol. The van der Waals surface area contributed by atoms with Gasteiger partial charge < -0.3 is 10.1 Å². The van der Waals surface area contributed by atoms with E-state index in [0.29, 0.717) is 0 Å². The fraction of sp³-hybridized carbons (Fsp3) is 0.188. The molecule has 1 aliphatic rings. The number of nitrogens with one attached hydrogen (secondary N) is 1. The molecular formula is C16H15NO2. The van der Waals surface area contributed by atoms with Gasteiger partial charge in [0.15, 0.2) is 0 Å². The molecule has 0 radical (unpaired) electrons. The van der Waals surface area contributed by atoms with Crippen LogP contribution in [0.3, 0.4) is 0 Å². The number of hydrogen-bond donors (Lipinski definition) is 1. The van der Waals surface area contributed by atoms with Gasteiger partial charge in [0.05, 0.1) is 0 Å². The van der Waals surface area contributed by atoms with Crippen LogP contribution in [0.2, 0.25) is 0 Å². The Balaban J connectivity index is 1.87. The maximum absolute atomic E-state index is 11.5. The molecule has 1 N–H and O–H groups in total. The number of amides is 1. The summed E-state index contributed by atoms with van der Waals surface area (Å²) in [5.41, 5.74) is 6.00. The van der Waals surface area contributed by atoms with Crippen LogP contribution in [-0.2, 0) is 16.0 Å². The third kappa shape index (κ3) is 2.25. The Morgan fingerprint density at radius 1 is 1.16 bits per heavy atom. The third-order valence-corrected chi connectivity index (χ3v) is 3.35. The van der Waals surface area contributed by atoms with E-state index in [1.165, 1.54) is 29.4 Å². The summed E-state index contributed by atoms with van der Waals surface area (Å²) in [6, 6.07) is 14.5. The Morgan fingerprint density at radius 2 is 1.95 bits per heavy atom. The van der Waals surface area contributed by atoms with E-state index in [1.54, 1.807) is 0 Å². The van der Waals surface area contributed by atoms with Gasteiger partial charge in [-0.1, -0.05) is 30.3 Å². The van der Waals surface area contributed by atoms with Crippen LogP contribution in [0, 0.1) is 0 Å². The molecule has 0 heterocycles. The van der Waals surface area contributed by atoms with E-state index in [4.69, 9.17) is 4.74 Å². The number of carbonyl (C=O) groups excluding carboxylic acids is 1. The predicted molar refractivity (Wildman–Crippen MR) is 75.2 cm³/mol. The van der Waals surface area contributed by atoms with Crippen LogP contribution >= 0.6 is 0 Å². The highest BCUT2D eigenvalue weighted by molar-refractivity contribution is 5.92. The normalized spacial score (nSPS) is 11.8. The highest BCUT2D eigenvalue weighted by Crippen LogP contribution is 2.37. The second-order valence-corrected chi connectivity index (χ2v) is 4.69. The molecule has 0 aliphatic heterocycles. The van der Waals surface area contributed by atoms with Gasteiger partial charge in [-0.2, -0.15) is 0 Å². The first-order chi connectivity index (χ1) is 9.28. The van der Waals surface area contributed by atoms with Gasteiger partial charge in [0.1, 0.15) is 6.61 Å². The van der Waals surface area contributed by atoms with Crippen molar-refractivity contribution in [1.82, 2.24) is 0 Å². The summed E-state index contributed by atoms with van der Waals surface area (Å²) in [4.78, 5) is 11.5. The molecule has 0 bridgehead atoms. The molecule has 3 heteroatoms. The zero-order valence-corrected chi connectivity index (χ0v) is 10.8. The maximum atomic E-state index is 11.5. The first-order valence-electron chi connectivity index (χ1n) is 6.28. The van der Waals surface area contributed by atoms with Gasteiger partial charge >= 0.3 is 0 Å². The van der Waals surface area contributed by atoms with Crippen LogP contribution in [0.1, 0.15) is 11.1 Å². The van der Waals surface area contributed by atoms with Gasteiger partial charge in [0.2, 0.25) is 5.91 Å². The van der Waals surface area contributed by atoms with E-state index in [1.807, 2.05) is 12.1 Å². The second kappa shape index (κ2) is 4.86. The molecular weight excluding hydrogens is 238 g/mol. The van der Waals surface area contributed by atoms with Crippen molar-refractivity contribution >= 4 is 11.6 Å². The van der Waals surface area contributed by atoms with Crippen molar-refractivity contribution < 1.29 is 9.53 Å². The van der Waals surface area contributed by atoms with Gasteiger partial charge in [-0.25, -0.2) is 0 Å². The van der Waals surface area contributed by atoms with Crippen molar-refractivity contribution in [3.8, 4) is 11.1 Å². The summed E-state index contributed by atoms with van der Waals surface area (Å²) in [5.74, 6) is -0.127. The van der Waals surface area contributed by atoms with Crippen LogP contribution in [0.4, 0.5) is 5.69 Å². The predicted octanol–water partition coefficient (Wildman–Crippen LogP) is 2.84. The molecule has 0 aromatic heterocycles. The van der Waals surface area contributed by atoms with Crippen molar-refractivity contribution in [2.24, 2.45) is 0 Å². The second-order valence-electron chi connectivity index (χ2n) is 4.69. The zero-order valence-electron chi connectivity index (χ0n) is 10.8. The molecule has 0 saturated carbocycles. The first kappa shape index (κ1) is 11.9. The minimum atomic E-state index is -0.127. The van der Waals surface area contributed by atoms with E-state index < -0.39 is 0 Å². The smallest absolute Gasteiger partial charge is 0.250 e. The van der Waals surface area contributed by atoms with E-state index in [0.717, 1.165) is 12.1 Å². The van der Waals surface area contributed by atoms with E-state index in [9.17, 15) is 4.79 Å². The highest BCUT2D eigenvalue weighted by atomic mass is 16.5. The number of rotatable bonds is 3. The molecule has 96 valence electrons. The lowest BCUT2D eigenvalue weighted by atomic mass is 10.1. The quantitative estimate of drug-likeness (QED) is 0.779. The maximum Gasteiger partial charge on any atom is 0.250 e. The van der Waals surface area contributed by atoms with Crippen LogP contribution in [0.25, 0.3) is 11.1 Å². The molecule has 2 aromatic rings. The van der Waals surface area contributed by atoms with Gasteiger partial charge in [-0.3, -0.25) is 4.79 Å². The van der Waals surface area contributed by atoms with Gasteiger partial charge in [-0.15, -0.1) is 0 Å². The molecule has 1 aliphatic carbocycles. The zero-order chi connectivity index (χ0) is 13.2. The van der Waals surface area contributed by atoms with Crippen molar-refractivity contribution in [3.63, 3.8) is 0 Å². The highest BCUT2D eigenvalue weighted by Gasteiger charge is 2.18. The standard InChI is InChI=1S/C16H15NO2/c1-19-10-16(18)17-13-6-7-15-12(9-13)8-11-4-2-3-5-14(11)15/h2-7,9H,8,10H2,1H3,(H,17,18). The topological polar surface area (TPSA) is 38.3 Å². The average Bonchev–Trinajstić information content (AvgIpc) is 2.76. The van der Waals surface area contributed by atoms with Gasteiger partial charge in [0.25, 0.3) is 0 Å². The van der Waals surface area contributed by atoms with Crippen LogP contribution in [-0.4, -0.2) is 19.6 Å². The molecule has 0 spiro atoms. The number of ether oxygens (including phenoxy) is 1. The summed E-state index contributed by atoms with van der Waals surface area (Å²) in [7, 11) is 1.51. The summed E-state index contributed by atoms with van der Waals surface area (Å²) < 4.78 is 4.81. The number of hydrogen-bond acceptors (Lipinski definition) is 2. The number of carbonyl (C=O) groups is 1. The van der Waals surface area contributed by atoms with Crippen LogP contribution < -0.4 is 5.32 Å². The van der Waals surface area contributed by atoms with E-state index in [2.05, 4.69) is 35.6 Å². The fourth-order valence-corrected chi connectivity index (χ4v) is 2.55. The van der Waals surface area contributed by atoms with Crippen molar-refractivity contribution in [2.75, 3.05) is 19.0 Å². The molecule has 1 amide bonds. The first-order valence-corrected chi connectivity index (χ1v) is 6.28. The number of benzene rings is 2. The molecule has 3 nitrogen and oxygen atoms in total. The fourth-order valence-electron chi connectivity index (χ4n) is 2.55.